The van der Waals surface area contributed by atoms with E-state index < -0.39 is 0 Å². The summed E-state index contributed by atoms with van der Waals surface area (Å²) in [7, 11) is 0. The molecule has 4 nitrogen and oxygen atoms in total. The third kappa shape index (κ3) is 4.14. The van der Waals surface area contributed by atoms with E-state index in [2.05, 4.69) is 36.1 Å². The van der Waals surface area contributed by atoms with Gasteiger partial charge in [0.25, 0.3) is 0 Å². The number of rotatable bonds is 5. The highest BCUT2D eigenvalue weighted by atomic mass is 16.5. The van der Waals surface area contributed by atoms with E-state index in [1.165, 1.54) is 5.56 Å². The van der Waals surface area contributed by atoms with Gasteiger partial charge in [0.1, 0.15) is 0 Å². The van der Waals surface area contributed by atoms with Crippen molar-refractivity contribution in [2.24, 2.45) is 0 Å². The van der Waals surface area contributed by atoms with Crippen molar-refractivity contribution in [2.45, 2.75) is 33.4 Å². The summed E-state index contributed by atoms with van der Waals surface area (Å²) in [5, 5.41) is 0. The fourth-order valence-corrected chi connectivity index (χ4v) is 3.50. The standard InChI is InChI=1S/C22H27NO3/c1-4-25-22(24)20-11-10-19(16(2)17(20)3)21-15-23(12-13-26-21)14-18-8-6-5-7-9-18/h5-11,21H,4,12-15H2,1-3H3. The first-order valence-electron chi connectivity index (χ1n) is 9.25. The van der Waals surface area contributed by atoms with Gasteiger partial charge in [-0.2, -0.15) is 0 Å². The topological polar surface area (TPSA) is 38.8 Å². The Kier molecular flexibility index (Phi) is 6.07. The molecule has 0 aromatic heterocycles. The Bertz CT molecular complexity index is 757. The van der Waals surface area contributed by atoms with Crippen LogP contribution in [-0.2, 0) is 16.0 Å². The Morgan fingerprint density at radius 3 is 2.65 bits per heavy atom. The fourth-order valence-electron chi connectivity index (χ4n) is 3.50. The van der Waals surface area contributed by atoms with Gasteiger partial charge < -0.3 is 9.47 Å². The van der Waals surface area contributed by atoms with Crippen LogP contribution in [-0.4, -0.2) is 37.2 Å². The molecule has 0 amide bonds. The van der Waals surface area contributed by atoms with Crippen LogP contribution in [0.25, 0.3) is 0 Å². The molecule has 1 aliphatic heterocycles. The molecule has 0 bridgehead atoms. The monoisotopic (exact) mass is 353 g/mol. The molecule has 26 heavy (non-hydrogen) atoms. The number of ether oxygens (including phenoxy) is 2. The first-order chi connectivity index (χ1) is 12.6. The SMILES string of the molecule is CCOC(=O)c1ccc(C2CN(Cc3ccccc3)CCO2)c(C)c1C. The Morgan fingerprint density at radius 2 is 1.92 bits per heavy atom. The van der Waals surface area contributed by atoms with Crippen LogP contribution in [0.15, 0.2) is 42.5 Å². The van der Waals surface area contributed by atoms with Gasteiger partial charge in [-0.15, -0.1) is 0 Å². The molecule has 1 aliphatic rings. The molecule has 4 heteroatoms. The molecule has 0 radical (unpaired) electrons. The van der Waals surface area contributed by atoms with Gasteiger partial charge in [0.15, 0.2) is 0 Å². The van der Waals surface area contributed by atoms with Crippen LogP contribution >= 0.6 is 0 Å². The molecule has 0 saturated carbocycles. The van der Waals surface area contributed by atoms with Crippen LogP contribution in [0.5, 0.6) is 0 Å². The molecule has 2 aromatic carbocycles. The highest BCUT2D eigenvalue weighted by molar-refractivity contribution is 5.91. The lowest BCUT2D eigenvalue weighted by Gasteiger charge is -2.34. The average molecular weight is 353 g/mol. The molecule has 1 unspecified atom stereocenters. The zero-order valence-electron chi connectivity index (χ0n) is 15.8. The van der Waals surface area contributed by atoms with Crippen molar-refractivity contribution in [1.29, 1.82) is 0 Å². The molecule has 2 aromatic rings. The number of carbonyl (C=O) groups is 1. The zero-order chi connectivity index (χ0) is 18.5. The summed E-state index contributed by atoms with van der Waals surface area (Å²) in [5.74, 6) is -0.255. The van der Waals surface area contributed by atoms with Gasteiger partial charge >= 0.3 is 5.97 Å². The van der Waals surface area contributed by atoms with Gasteiger partial charge in [-0.05, 0) is 49.1 Å². The third-order valence-corrected chi connectivity index (χ3v) is 5.07. The van der Waals surface area contributed by atoms with Crippen LogP contribution < -0.4 is 0 Å². The van der Waals surface area contributed by atoms with Crippen molar-refractivity contribution in [2.75, 3.05) is 26.3 Å². The van der Waals surface area contributed by atoms with Gasteiger partial charge in [-0.1, -0.05) is 36.4 Å². The van der Waals surface area contributed by atoms with Crippen molar-refractivity contribution >= 4 is 5.97 Å². The first kappa shape index (κ1) is 18.6. The van der Waals surface area contributed by atoms with Crippen LogP contribution in [0, 0.1) is 13.8 Å². The van der Waals surface area contributed by atoms with Crippen molar-refractivity contribution < 1.29 is 14.3 Å². The summed E-state index contributed by atoms with van der Waals surface area (Å²) in [6.07, 6.45) is 0.0300. The number of hydrogen-bond acceptors (Lipinski definition) is 4. The first-order valence-corrected chi connectivity index (χ1v) is 9.25. The van der Waals surface area contributed by atoms with E-state index in [1.54, 1.807) is 0 Å². The van der Waals surface area contributed by atoms with E-state index in [9.17, 15) is 4.79 Å². The Morgan fingerprint density at radius 1 is 1.15 bits per heavy atom. The molecular weight excluding hydrogens is 326 g/mol. The van der Waals surface area contributed by atoms with E-state index in [0.717, 1.165) is 42.9 Å². The van der Waals surface area contributed by atoms with Crippen LogP contribution in [0.2, 0.25) is 0 Å². The maximum atomic E-state index is 12.1. The number of esters is 1. The number of hydrogen-bond donors (Lipinski definition) is 0. The normalized spacial score (nSPS) is 17.9. The van der Waals surface area contributed by atoms with Crippen molar-refractivity contribution in [3.63, 3.8) is 0 Å². The van der Waals surface area contributed by atoms with Crippen molar-refractivity contribution in [3.05, 3.63) is 70.3 Å². The number of benzene rings is 2. The Balaban J connectivity index is 1.76. The number of carbonyl (C=O) groups excluding carboxylic acids is 1. The van der Waals surface area contributed by atoms with Crippen LogP contribution in [0.4, 0.5) is 0 Å². The number of morpholine rings is 1. The minimum Gasteiger partial charge on any atom is -0.462 e. The van der Waals surface area contributed by atoms with Gasteiger partial charge in [0.05, 0.1) is 24.9 Å². The quantitative estimate of drug-likeness (QED) is 0.760. The molecule has 0 N–H and O–H groups in total. The second-order valence-electron chi connectivity index (χ2n) is 6.75. The predicted octanol–water partition coefficient (Wildman–Crippen LogP) is 4.05. The van der Waals surface area contributed by atoms with E-state index in [-0.39, 0.29) is 12.1 Å². The molecule has 0 aliphatic carbocycles. The maximum Gasteiger partial charge on any atom is 0.338 e. The fraction of sp³-hybridized carbons (Fsp3) is 0.409. The average Bonchev–Trinajstić information content (AvgIpc) is 2.65. The minimum atomic E-state index is -0.255. The van der Waals surface area contributed by atoms with E-state index >= 15 is 0 Å². The number of nitrogens with zero attached hydrogens (tertiary/aromatic N) is 1. The van der Waals surface area contributed by atoms with Gasteiger partial charge in [-0.3, -0.25) is 4.90 Å². The lowest BCUT2D eigenvalue weighted by Crippen LogP contribution is -2.38. The van der Waals surface area contributed by atoms with Crippen LogP contribution in [0.3, 0.4) is 0 Å². The Labute approximate surface area is 155 Å². The van der Waals surface area contributed by atoms with Crippen molar-refractivity contribution in [1.82, 2.24) is 4.90 Å². The van der Waals surface area contributed by atoms with E-state index in [1.807, 2.05) is 32.0 Å². The molecule has 1 saturated heterocycles. The summed E-state index contributed by atoms with van der Waals surface area (Å²) >= 11 is 0. The summed E-state index contributed by atoms with van der Waals surface area (Å²) in [5.41, 5.74) is 5.21. The van der Waals surface area contributed by atoms with Crippen molar-refractivity contribution in [3.8, 4) is 0 Å². The van der Waals surface area contributed by atoms with Crippen LogP contribution in [0.1, 0.15) is 45.6 Å². The van der Waals surface area contributed by atoms with Gasteiger partial charge in [0, 0.05) is 19.6 Å². The second kappa shape index (κ2) is 8.47. The summed E-state index contributed by atoms with van der Waals surface area (Å²) in [6, 6.07) is 14.4. The smallest absolute Gasteiger partial charge is 0.338 e. The third-order valence-electron chi connectivity index (χ3n) is 5.07. The molecule has 3 rings (SSSR count). The molecule has 1 fully saturated rings. The molecule has 0 spiro atoms. The minimum absolute atomic E-state index is 0.0300. The lowest BCUT2D eigenvalue weighted by molar-refractivity contribution is -0.0332. The zero-order valence-corrected chi connectivity index (χ0v) is 15.8. The summed E-state index contributed by atoms with van der Waals surface area (Å²) < 4.78 is 11.2. The predicted molar refractivity (Wildman–Crippen MR) is 102 cm³/mol. The van der Waals surface area contributed by atoms with Gasteiger partial charge in [0.2, 0.25) is 0 Å². The molecule has 1 atom stereocenters. The van der Waals surface area contributed by atoms with Gasteiger partial charge in [-0.25, -0.2) is 4.79 Å². The summed E-state index contributed by atoms with van der Waals surface area (Å²) in [4.78, 5) is 14.5. The Hall–Kier alpha value is -2.17. The van der Waals surface area contributed by atoms with E-state index in [4.69, 9.17) is 9.47 Å². The highest BCUT2D eigenvalue weighted by Crippen LogP contribution is 2.29. The molecule has 1 heterocycles. The maximum absolute atomic E-state index is 12.1. The largest absolute Gasteiger partial charge is 0.462 e. The molecule has 138 valence electrons. The lowest BCUT2D eigenvalue weighted by atomic mass is 9.94. The second-order valence-corrected chi connectivity index (χ2v) is 6.75. The molecular formula is C22H27NO3. The van der Waals surface area contributed by atoms with E-state index in [0.29, 0.717) is 12.2 Å². The summed E-state index contributed by atoms with van der Waals surface area (Å²) in [6.45, 7) is 9.70. The highest BCUT2D eigenvalue weighted by Gasteiger charge is 2.25.